The van der Waals surface area contributed by atoms with Crippen LogP contribution < -0.4 is 10.6 Å². The van der Waals surface area contributed by atoms with E-state index in [0.29, 0.717) is 12.1 Å². The molecule has 2 bridgehead atoms. The Hall–Kier alpha value is -1.97. The molecule has 4 rings (SSSR count). The summed E-state index contributed by atoms with van der Waals surface area (Å²) in [5.74, 6) is -2.43. The number of benzene rings is 1. The van der Waals surface area contributed by atoms with Crippen molar-refractivity contribution in [3.8, 4) is 0 Å². The van der Waals surface area contributed by atoms with Gasteiger partial charge >= 0.3 is 0 Å². The molecule has 8 atom stereocenters. The minimum Gasteiger partial charge on any atom is -0.394 e. The molecule has 0 radical (unpaired) electrons. The van der Waals surface area contributed by atoms with Crippen LogP contribution in [0.2, 0.25) is 0 Å². The maximum Gasteiger partial charge on any atom is 0.246 e. The lowest BCUT2D eigenvalue weighted by Crippen LogP contribution is -2.58. The number of aliphatic hydroxyl groups excluding tert-OH is 1. The summed E-state index contributed by atoms with van der Waals surface area (Å²) in [6.07, 6.45) is 1.65. The number of nitrogens with one attached hydrogen (secondary N) is 2. The number of para-hydroxylation sites is 1. The number of fused-ring (bicyclic) bond motifs is 1. The van der Waals surface area contributed by atoms with Gasteiger partial charge in [-0.1, -0.05) is 47.5 Å². The highest BCUT2D eigenvalue weighted by Gasteiger charge is 2.76. The normalized spacial score (nSPS) is 34.2. The fourth-order valence-electron chi connectivity index (χ4n) is 5.80. The number of alkyl halides is 1. The number of halogens is 1. The predicted molar refractivity (Wildman–Crippen MR) is 127 cm³/mol. The van der Waals surface area contributed by atoms with Crippen molar-refractivity contribution in [2.75, 3.05) is 11.9 Å². The molecule has 33 heavy (non-hydrogen) atoms. The van der Waals surface area contributed by atoms with Gasteiger partial charge in [0.1, 0.15) is 11.6 Å². The van der Waals surface area contributed by atoms with Crippen LogP contribution in [0.4, 0.5) is 5.69 Å². The number of hydrogen-bond donors (Lipinski definition) is 3. The summed E-state index contributed by atoms with van der Waals surface area (Å²) in [5, 5.41) is 15.8. The zero-order valence-corrected chi connectivity index (χ0v) is 20.7. The first-order chi connectivity index (χ1) is 15.7. The summed E-state index contributed by atoms with van der Waals surface area (Å²) >= 11 is 3.65. The SMILES string of the molecule is CCCC(C)NC(=O)C1N([C@H](C)CO)C(=O)[C@@H]2[C@H](C(=O)Nc3ccccc3)[C@H]3OC12CC3Br. The second kappa shape index (κ2) is 9.35. The molecule has 1 aromatic carbocycles. The highest BCUT2D eigenvalue weighted by molar-refractivity contribution is 9.09. The van der Waals surface area contributed by atoms with E-state index in [2.05, 4.69) is 26.6 Å². The molecule has 8 nitrogen and oxygen atoms in total. The van der Waals surface area contributed by atoms with Crippen molar-refractivity contribution in [1.29, 1.82) is 0 Å². The summed E-state index contributed by atoms with van der Waals surface area (Å²) in [7, 11) is 0. The van der Waals surface area contributed by atoms with E-state index in [-0.39, 0.29) is 35.2 Å². The van der Waals surface area contributed by atoms with Gasteiger partial charge in [-0.15, -0.1) is 0 Å². The van der Waals surface area contributed by atoms with Crippen molar-refractivity contribution in [2.24, 2.45) is 11.8 Å². The maximum atomic E-state index is 13.7. The Morgan fingerprint density at radius 2 is 1.97 bits per heavy atom. The summed E-state index contributed by atoms with van der Waals surface area (Å²) < 4.78 is 6.43. The zero-order valence-electron chi connectivity index (χ0n) is 19.2. The van der Waals surface area contributed by atoms with Crippen molar-refractivity contribution in [3.63, 3.8) is 0 Å². The average molecular weight is 522 g/mol. The van der Waals surface area contributed by atoms with Gasteiger partial charge in [-0.05, 0) is 38.8 Å². The van der Waals surface area contributed by atoms with Crippen molar-refractivity contribution < 1.29 is 24.2 Å². The number of hydrogen-bond acceptors (Lipinski definition) is 5. The Bertz CT molecular complexity index is 915. The molecular formula is C24H32BrN3O5. The van der Waals surface area contributed by atoms with Gasteiger partial charge in [0.25, 0.3) is 0 Å². The molecule has 180 valence electrons. The summed E-state index contributed by atoms with van der Waals surface area (Å²) in [6, 6.07) is 7.53. The second-order valence-corrected chi connectivity index (χ2v) is 10.7. The first-order valence-electron chi connectivity index (χ1n) is 11.7. The number of nitrogens with zero attached hydrogens (tertiary/aromatic N) is 1. The minimum atomic E-state index is -1.12. The molecule has 0 aliphatic carbocycles. The van der Waals surface area contributed by atoms with E-state index in [1.54, 1.807) is 19.1 Å². The highest BCUT2D eigenvalue weighted by atomic mass is 79.9. The Kier molecular flexibility index (Phi) is 6.85. The molecule has 1 spiro atoms. The Morgan fingerprint density at radius 1 is 1.27 bits per heavy atom. The number of anilines is 1. The lowest BCUT2D eigenvalue weighted by molar-refractivity contribution is -0.144. The number of carbonyl (C=O) groups is 3. The fourth-order valence-corrected chi connectivity index (χ4v) is 6.75. The topological polar surface area (TPSA) is 108 Å². The van der Waals surface area contributed by atoms with E-state index in [9.17, 15) is 19.5 Å². The molecule has 3 aliphatic heterocycles. The number of aliphatic hydroxyl groups is 1. The Labute approximate surface area is 202 Å². The van der Waals surface area contributed by atoms with Crippen molar-refractivity contribution >= 4 is 39.3 Å². The second-order valence-electron chi connectivity index (χ2n) is 9.49. The smallest absolute Gasteiger partial charge is 0.246 e. The number of amides is 3. The van der Waals surface area contributed by atoms with E-state index in [1.807, 2.05) is 32.0 Å². The van der Waals surface area contributed by atoms with E-state index < -0.39 is 35.6 Å². The van der Waals surface area contributed by atoms with Gasteiger partial charge in [0.05, 0.1) is 30.6 Å². The standard InChI is InChI=1S/C24H32BrN3O5/c1-4-8-13(2)26-22(31)20-24-11-16(25)19(33-24)17(18(24)23(32)28(20)14(3)12-29)21(30)27-15-9-6-5-7-10-15/h5-7,9-10,13-14,16-20,29H,4,8,11-12H2,1-3H3,(H,26,31)(H,27,30)/t13?,14-,16?,17+,18+,19+,20?,24?/m1/s1. The van der Waals surface area contributed by atoms with Gasteiger partial charge in [0.2, 0.25) is 17.7 Å². The van der Waals surface area contributed by atoms with Gasteiger partial charge in [-0.2, -0.15) is 0 Å². The molecule has 3 fully saturated rings. The predicted octanol–water partition coefficient (Wildman–Crippen LogP) is 2.06. The lowest BCUT2D eigenvalue weighted by atomic mass is 9.70. The van der Waals surface area contributed by atoms with E-state index in [4.69, 9.17) is 4.74 Å². The molecule has 3 heterocycles. The highest BCUT2D eigenvalue weighted by Crippen LogP contribution is 2.60. The van der Waals surface area contributed by atoms with Gasteiger partial charge in [-0.3, -0.25) is 14.4 Å². The van der Waals surface area contributed by atoms with Crippen LogP contribution in [-0.2, 0) is 19.1 Å². The van der Waals surface area contributed by atoms with Gasteiger partial charge in [0.15, 0.2) is 0 Å². The van der Waals surface area contributed by atoms with Gasteiger partial charge in [-0.25, -0.2) is 0 Å². The van der Waals surface area contributed by atoms with E-state index in [1.165, 1.54) is 4.90 Å². The number of rotatable bonds is 8. The van der Waals surface area contributed by atoms with Crippen LogP contribution in [0.1, 0.15) is 40.0 Å². The molecule has 0 aromatic heterocycles. The number of likely N-dealkylation sites (tertiary alicyclic amines) is 1. The fraction of sp³-hybridized carbons (Fsp3) is 0.625. The summed E-state index contributed by atoms with van der Waals surface area (Å²) in [5.41, 5.74) is -0.479. The minimum absolute atomic E-state index is 0.0603. The van der Waals surface area contributed by atoms with Crippen LogP contribution in [0.15, 0.2) is 30.3 Å². The van der Waals surface area contributed by atoms with E-state index >= 15 is 0 Å². The third-order valence-electron chi connectivity index (χ3n) is 7.17. The van der Waals surface area contributed by atoms with Crippen molar-refractivity contribution in [2.45, 2.75) is 74.7 Å². The molecule has 3 N–H and O–H groups in total. The summed E-state index contributed by atoms with van der Waals surface area (Å²) in [6.45, 7) is 5.40. The van der Waals surface area contributed by atoms with E-state index in [0.717, 1.165) is 12.8 Å². The van der Waals surface area contributed by atoms with Crippen molar-refractivity contribution in [3.05, 3.63) is 30.3 Å². The average Bonchev–Trinajstić information content (AvgIpc) is 3.37. The van der Waals surface area contributed by atoms with Gasteiger partial charge < -0.3 is 25.4 Å². The third-order valence-corrected chi connectivity index (χ3v) is 8.01. The zero-order chi connectivity index (χ0) is 23.9. The number of ether oxygens (including phenoxy) is 1. The first kappa shape index (κ1) is 24.2. The van der Waals surface area contributed by atoms with Crippen LogP contribution in [-0.4, -0.2) is 69.0 Å². The Morgan fingerprint density at radius 3 is 2.61 bits per heavy atom. The van der Waals surface area contributed by atoms with Crippen LogP contribution in [0.5, 0.6) is 0 Å². The summed E-state index contributed by atoms with van der Waals surface area (Å²) in [4.78, 5) is 41.9. The molecule has 0 saturated carbocycles. The molecule has 1 aromatic rings. The van der Waals surface area contributed by atoms with Crippen LogP contribution in [0, 0.1) is 11.8 Å². The van der Waals surface area contributed by atoms with Crippen LogP contribution in [0.3, 0.4) is 0 Å². The monoisotopic (exact) mass is 521 g/mol. The lowest BCUT2D eigenvalue weighted by Gasteiger charge is -2.36. The molecule has 9 heteroatoms. The van der Waals surface area contributed by atoms with Crippen LogP contribution in [0.25, 0.3) is 0 Å². The molecule has 3 aliphatic rings. The van der Waals surface area contributed by atoms with Crippen molar-refractivity contribution in [1.82, 2.24) is 10.2 Å². The Balaban J connectivity index is 1.69. The number of carbonyl (C=O) groups excluding carboxylic acids is 3. The molecule has 4 unspecified atom stereocenters. The largest absolute Gasteiger partial charge is 0.394 e. The first-order valence-corrected chi connectivity index (χ1v) is 12.6. The molecule has 3 amide bonds. The maximum absolute atomic E-state index is 13.7. The quantitative estimate of drug-likeness (QED) is 0.453. The molecule has 3 saturated heterocycles. The molecular weight excluding hydrogens is 490 g/mol. The van der Waals surface area contributed by atoms with Gasteiger partial charge in [0, 0.05) is 16.6 Å². The third kappa shape index (κ3) is 3.98. The van der Waals surface area contributed by atoms with Crippen LogP contribution >= 0.6 is 15.9 Å².